The summed E-state index contributed by atoms with van der Waals surface area (Å²) in [5.74, 6) is -2.38. The molecule has 0 fully saturated rings. The van der Waals surface area contributed by atoms with Crippen molar-refractivity contribution in [3.05, 3.63) is 12.2 Å². The molecule has 0 heterocycles. The SMILES string of the molecule is CCCCC/C=C/CCCCCCCC(=O)OC[C@H](COP(=O)(O)OC[C@H](N)C(=O)O)OC(=O)CCCCCCCCCCCCCCC. The van der Waals surface area contributed by atoms with Crippen LogP contribution in [0.25, 0.3) is 0 Å². The molecular formula is C37H70NO10P. The molecule has 0 radical (unpaired) electrons. The fraction of sp³-hybridized carbons (Fsp3) is 0.865. The largest absolute Gasteiger partial charge is 0.480 e. The molecule has 0 bridgehead atoms. The van der Waals surface area contributed by atoms with Gasteiger partial charge < -0.3 is 25.2 Å². The molecule has 0 aromatic carbocycles. The fourth-order valence-corrected chi connectivity index (χ4v) is 5.95. The molecule has 11 nitrogen and oxygen atoms in total. The zero-order chi connectivity index (χ0) is 36.4. The van der Waals surface area contributed by atoms with Crippen molar-refractivity contribution in [2.45, 2.75) is 187 Å². The van der Waals surface area contributed by atoms with Gasteiger partial charge in [-0.1, -0.05) is 135 Å². The zero-order valence-corrected chi connectivity index (χ0v) is 31.7. The number of carboxylic acid groups (broad SMARTS) is 1. The molecule has 3 atom stereocenters. The predicted octanol–water partition coefficient (Wildman–Crippen LogP) is 9.34. The van der Waals surface area contributed by atoms with Crippen molar-refractivity contribution in [1.29, 1.82) is 0 Å². The molecule has 0 amide bonds. The summed E-state index contributed by atoms with van der Waals surface area (Å²) in [5, 5.41) is 8.85. The molecule has 0 aromatic heterocycles. The van der Waals surface area contributed by atoms with Crippen LogP contribution < -0.4 is 5.73 Å². The molecule has 4 N–H and O–H groups in total. The zero-order valence-electron chi connectivity index (χ0n) is 30.8. The highest BCUT2D eigenvalue weighted by Crippen LogP contribution is 2.43. The number of phosphoric acid groups is 1. The summed E-state index contributed by atoms with van der Waals surface area (Å²) in [4.78, 5) is 45.7. The van der Waals surface area contributed by atoms with E-state index in [0.717, 1.165) is 57.8 Å². The molecule has 0 saturated heterocycles. The van der Waals surface area contributed by atoms with Crippen molar-refractivity contribution in [2.24, 2.45) is 5.73 Å². The smallest absolute Gasteiger partial charge is 0.472 e. The Morgan fingerprint density at radius 1 is 0.612 bits per heavy atom. The lowest BCUT2D eigenvalue weighted by molar-refractivity contribution is -0.161. The maximum atomic E-state index is 12.5. The monoisotopic (exact) mass is 719 g/mol. The van der Waals surface area contributed by atoms with Crippen molar-refractivity contribution in [2.75, 3.05) is 19.8 Å². The van der Waals surface area contributed by atoms with E-state index < -0.39 is 51.1 Å². The number of nitrogens with two attached hydrogens (primary N) is 1. The van der Waals surface area contributed by atoms with Gasteiger partial charge in [-0.25, -0.2) is 4.57 Å². The van der Waals surface area contributed by atoms with Gasteiger partial charge in [0.2, 0.25) is 0 Å². The number of phosphoric ester groups is 1. The summed E-state index contributed by atoms with van der Waals surface area (Å²) in [7, 11) is -4.70. The second kappa shape index (κ2) is 33.4. The van der Waals surface area contributed by atoms with E-state index in [1.165, 1.54) is 77.0 Å². The quantitative estimate of drug-likeness (QED) is 0.0244. The number of carboxylic acids is 1. The summed E-state index contributed by atoms with van der Waals surface area (Å²) in [6.45, 7) is 2.76. The van der Waals surface area contributed by atoms with E-state index in [1.807, 2.05) is 0 Å². The number of carbonyl (C=O) groups is 3. The molecule has 12 heteroatoms. The minimum atomic E-state index is -4.70. The highest BCUT2D eigenvalue weighted by atomic mass is 31.2. The Kier molecular flexibility index (Phi) is 32.2. The van der Waals surface area contributed by atoms with E-state index in [4.69, 9.17) is 24.8 Å². The summed E-state index contributed by atoms with van der Waals surface area (Å²) < 4.78 is 32.5. The van der Waals surface area contributed by atoms with Gasteiger partial charge in [0.1, 0.15) is 12.6 Å². The summed E-state index contributed by atoms with van der Waals surface area (Å²) in [6, 6.07) is -1.52. The third-order valence-electron chi connectivity index (χ3n) is 8.26. The number of hydrogen-bond acceptors (Lipinski definition) is 9. The first-order valence-electron chi connectivity index (χ1n) is 19.2. The summed E-state index contributed by atoms with van der Waals surface area (Å²) in [5.41, 5.74) is 5.31. The van der Waals surface area contributed by atoms with Crippen molar-refractivity contribution in [3.63, 3.8) is 0 Å². The molecule has 49 heavy (non-hydrogen) atoms. The molecule has 0 aliphatic heterocycles. The lowest BCUT2D eigenvalue weighted by Crippen LogP contribution is -2.34. The van der Waals surface area contributed by atoms with E-state index >= 15 is 0 Å². The first-order chi connectivity index (χ1) is 23.6. The lowest BCUT2D eigenvalue weighted by Gasteiger charge is -2.20. The molecule has 1 unspecified atom stereocenters. The number of ether oxygens (including phenoxy) is 2. The van der Waals surface area contributed by atoms with Gasteiger partial charge in [-0.3, -0.25) is 23.4 Å². The van der Waals surface area contributed by atoms with Crippen LogP contribution in [-0.2, 0) is 37.5 Å². The van der Waals surface area contributed by atoms with Crippen LogP contribution >= 0.6 is 7.82 Å². The van der Waals surface area contributed by atoms with Gasteiger partial charge in [-0.15, -0.1) is 0 Å². The number of carbonyl (C=O) groups excluding carboxylic acids is 2. The Morgan fingerprint density at radius 3 is 1.53 bits per heavy atom. The number of hydrogen-bond donors (Lipinski definition) is 3. The highest BCUT2D eigenvalue weighted by molar-refractivity contribution is 7.47. The van der Waals surface area contributed by atoms with Crippen LogP contribution in [0.15, 0.2) is 12.2 Å². The predicted molar refractivity (Wildman–Crippen MR) is 194 cm³/mol. The third-order valence-corrected chi connectivity index (χ3v) is 9.21. The average molecular weight is 720 g/mol. The Bertz CT molecular complexity index is 900. The number of unbranched alkanes of at least 4 members (excludes halogenated alkanes) is 20. The minimum absolute atomic E-state index is 0.164. The second-order valence-corrected chi connectivity index (χ2v) is 14.5. The van der Waals surface area contributed by atoms with Crippen LogP contribution in [0, 0.1) is 0 Å². The normalized spacial score (nSPS) is 14.0. The van der Waals surface area contributed by atoms with E-state index in [-0.39, 0.29) is 19.4 Å². The Labute approximate surface area is 297 Å². The van der Waals surface area contributed by atoms with Gasteiger partial charge in [0.25, 0.3) is 0 Å². The van der Waals surface area contributed by atoms with Crippen LogP contribution in [-0.4, -0.2) is 59.9 Å². The average Bonchev–Trinajstić information content (AvgIpc) is 3.07. The lowest BCUT2D eigenvalue weighted by atomic mass is 10.0. The van der Waals surface area contributed by atoms with Gasteiger partial charge in [0.15, 0.2) is 6.10 Å². The van der Waals surface area contributed by atoms with E-state index in [2.05, 4.69) is 30.5 Å². The van der Waals surface area contributed by atoms with Gasteiger partial charge in [-0.2, -0.15) is 0 Å². The maximum absolute atomic E-state index is 12.5. The van der Waals surface area contributed by atoms with Crippen LogP contribution in [0.1, 0.15) is 174 Å². The Balaban J connectivity index is 4.44. The first kappa shape index (κ1) is 47.2. The number of allylic oxidation sites excluding steroid dienone is 2. The molecule has 0 aliphatic carbocycles. The molecular weight excluding hydrogens is 649 g/mol. The van der Waals surface area contributed by atoms with Crippen LogP contribution in [0.5, 0.6) is 0 Å². The minimum Gasteiger partial charge on any atom is -0.480 e. The molecule has 0 saturated carbocycles. The standard InChI is InChI=1S/C37H70NO10P/c1-3-5-7-9-11-13-15-17-19-21-23-25-27-29-36(40)48-33(31-46-49(43,44)47-32-34(38)37(41)42)30-45-35(39)28-26-24-22-20-18-16-14-12-10-8-6-4-2/h12,14,33-34H,3-11,13,15-32,38H2,1-2H3,(H,41,42)(H,43,44)/b14-12+/t33-,34+/m1/s1. The topological polar surface area (TPSA) is 172 Å². The van der Waals surface area contributed by atoms with Gasteiger partial charge in [0.05, 0.1) is 13.2 Å². The number of aliphatic carboxylic acids is 1. The fourth-order valence-electron chi connectivity index (χ4n) is 5.18. The number of rotatable bonds is 36. The second-order valence-electron chi connectivity index (χ2n) is 13.1. The van der Waals surface area contributed by atoms with E-state index in [1.54, 1.807) is 0 Å². The molecule has 0 aromatic rings. The molecule has 0 rings (SSSR count). The summed E-state index contributed by atoms with van der Waals surface area (Å²) >= 11 is 0. The van der Waals surface area contributed by atoms with Gasteiger partial charge >= 0.3 is 25.7 Å². The Morgan fingerprint density at radius 2 is 1.02 bits per heavy atom. The summed E-state index contributed by atoms with van der Waals surface area (Å²) in [6.07, 6.45) is 29.9. The first-order valence-corrected chi connectivity index (χ1v) is 20.7. The van der Waals surface area contributed by atoms with Crippen LogP contribution in [0.4, 0.5) is 0 Å². The third kappa shape index (κ3) is 33.1. The molecule has 288 valence electrons. The van der Waals surface area contributed by atoms with Gasteiger partial charge in [-0.05, 0) is 38.5 Å². The molecule has 0 spiro atoms. The van der Waals surface area contributed by atoms with E-state index in [9.17, 15) is 23.8 Å². The highest BCUT2D eigenvalue weighted by Gasteiger charge is 2.28. The van der Waals surface area contributed by atoms with Crippen molar-refractivity contribution in [1.82, 2.24) is 0 Å². The molecule has 0 aliphatic rings. The van der Waals surface area contributed by atoms with Crippen LogP contribution in [0.2, 0.25) is 0 Å². The van der Waals surface area contributed by atoms with Crippen molar-refractivity contribution < 1.29 is 47.5 Å². The van der Waals surface area contributed by atoms with E-state index in [0.29, 0.717) is 12.8 Å². The maximum Gasteiger partial charge on any atom is 0.472 e. The number of esters is 2. The Hall–Kier alpha value is -1.78. The van der Waals surface area contributed by atoms with Crippen molar-refractivity contribution in [3.8, 4) is 0 Å². The van der Waals surface area contributed by atoms with Crippen molar-refractivity contribution >= 4 is 25.7 Å². The van der Waals surface area contributed by atoms with Gasteiger partial charge in [0, 0.05) is 12.8 Å². The van der Waals surface area contributed by atoms with Crippen LogP contribution in [0.3, 0.4) is 0 Å².